The third-order valence-corrected chi connectivity index (χ3v) is 5.86. The van der Waals surface area contributed by atoms with E-state index in [-0.39, 0.29) is 17.1 Å². The molecule has 0 saturated carbocycles. The monoisotopic (exact) mass is 378 g/mol. The Morgan fingerprint density at radius 3 is 2.18 bits per heavy atom. The van der Waals surface area contributed by atoms with E-state index in [1.807, 2.05) is 36.4 Å². The van der Waals surface area contributed by atoms with Crippen LogP contribution in [0.15, 0.2) is 60.7 Å². The highest BCUT2D eigenvalue weighted by atomic mass is 16.1. The highest BCUT2D eigenvalue weighted by Gasteiger charge is 2.35. The smallest absolute Gasteiger partial charge is 0.220 e. The standard InChI is InChI=1S/C24H30N2O2/c1-26-17-15-24(16-18-26,21-11-6-3-7-12-21)19-25-23(28)14-8-13-22(27)20-9-4-2-5-10-20/h2-7,9-12H,8,13-19H2,1H3,(H,25,28). The molecule has 1 aliphatic heterocycles. The van der Waals surface area contributed by atoms with Crippen molar-refractivity contribution in [2.45, 2.75) is 37.5 Å². The molecule has 0 aromatic heterocycles. The van der Waals surface area contributed by atoms with E-state index in [0.29, 0.717) is 25.8 Å². The average molecular weight is 379 g/mol. The first-order chi connectivity index (χ1) is 13.6. The summed E-state index contributed by atoms with van der Waals surface area (Å²) >= 11 is 0. The fourth-order valence-corrected chi connectivity index (χ4v) is 3.94. The molecular formula is C24H30N2O2. The molecule has 28 heavy (non-hydrogen) atoms. The average Bonchev–Trinajstić information content (AvgIpc) is 2.75. The molecule has 1 saturated heterocycles. The Balaban J connectivity index is 1.51. The Bertz CT molecular complexity index is 766. The molecule has 0 radical (unpaired) electrons. The van der Waals surface area contributed by atoms with Gasteiger partial charge in [-0.25, -0.2) is 0 Å². The largest absolute Gasteiger partial charge is 0.355 e. The first-order valence-corrected chi connectivity index (χ1v) is 10.2. The zero-order valence-corrected chi connectivity index (χ0v) is 16.7. The Kier molecular flexibility index (Phi) is 6.99. The van der Waals surface area contributed by atoms with Crippen LogP contribution in [0.25, 0.3) is 0 Å². The van der Waals surface area contributed by atoms with Crippen molar-refractivity contribution in [3.05, 3.63) is 71.8 Å². The third-order valence-electron chi connectivity index (χ3n) is 5.86. The van der Waals surface area contributed by atoms with Crippen molar-refractivity contribution in [1.82, 2.24) is 10.2 Å². The maximum Gasteiger partial charge on any atom is 0.220 e. The van der Waals surface area contributed by atoms with Gasteiger partial charge in [0.2, 0.25) is 5.91 Å². The summed E-state index contributed by atoms with van der Waals surface area (Å²) in [4.78, 5) is 26.9. The highest BCUT2D eigenvalue weighted by molar-refractivity contribution is 5.96. The lowest BCUT2D eigenvalue weighted by Crippen LogP contribution is -2.48. The van der Waals surface area contributed by atoms with Gasteiger partial charge in [0, 0.05) is 30.4 Å². The lowest BCUT2D eigenvalue weighted by molar-refractivity contribution is -0.121. The van der Waals surface area contributed by atoms with Crippen LogP contribution in [-0.4, -0.2) is 43.3 Å². The van der Waals surface area contributed by atoms with E-state index < -0.39 is 0 Å². The van der Waals surface area contributed by atoms with Gasteiger partial charge < -0.3 is 10.2 Å². The fraction of sp³-hybridized carbons (Fsp3) is 0.417. The van der Waals surface area contributed by atoms with Crippen LogP contribution in [0.2, 0.25) is 0 Å². The number of Topliss-reactive ketones (excluding diaryl/α,β-unsaturated/α-hetero) is 1. The number of ketones is 1. The molecule has 1 aliphatic rings. The molecule has 0 spiro atoms. The topological polar surface area (TPSA) is 49.4 Å². The fourth-order valence-electron chi connectivity index (χ4n) is 3.94. The van der Waals surface area contributed by atoms with Gasteiger partial charge in [-0.15, -0.1) is 0 Å². The van der Waals surface area contributed by atoms with Gasteiger partial charge >= 0.3 is 0 Å². The normalized spacial score (nSPS) is 16.5. The van der Waals surface area contributed by atoms with Gasteiger partial charge in [0.1, 0.15) is 0 Å². The van der Waals surface area contributed by atoms with E-state index in [0.717, 1.165) is 31.5 Å². The highest BCUT2D eigenvalue weighted by Crippen LogP contribution is 2.34. The molecule has 0 atom stereocenters. The maximum absolute atomic E-state index is 12.4. The maximum atomic E-state index is 12.4. The molecule has 2 aromatic carbocycles. The third kappa shape index (κ3) is 5.29. The summed E-state index contributed by atoms with van der Waals surface area (Å²) in [6.45, 7) is 2.74. The molecule has 3 rings (SSSR count). The van der Waals surface area contributed by atoms with Crippen LogP contribution in [-0.2, 0) is 10.2 Å². The SMILES string of the molecule is CN1CCC(CNC(=O)CCCC(=O)c2ccccc2)(c2ccccc2)CC1. The summed E-state index contributed by atoms with van der Waals surface area (Å²) in [5, 5.41) is 3.15. The van der Waals surface area contributed by atoms with E-state index >= 15 is 0 Å². The molecule has 1 heterocycles. The minimum Gasteiger partial charge on any atom is -0.355 e. The lowest BCUT2D eigenvalue weighted by atomic mass is 9.72. The van der Waals surface area contributed by atoms with Crippen LogP contribution in [0.5, 0.6) is 0 Å². The number of nitrogens with zero attached hydrogens (tertiary/aromatic N) is 1. The molecular weight excluding hydrogens is 348 g/mol. The number of carbonyl (C=O) groups is 2. The summed E-state index contributed by atoms with van der Waals surface area (Å²) < 4.78 is 0. The summed E-state index contributed by atoms with van der Waals surface area (Å²) in [5.41, 5.74) is 2.03. The Hall–Kier alpha value is -2.46. The molecule has 0 bridgehead atoms. The molecule has 4 heteroatoms. The van der Waals surface area contributed by atoms with Crippen LogP contribution in [0.3, 0.4) is 0 Å². The Morgan fingerprint density at radius 2 is 1.54 bits per heavy atom. The van der Waals surface area contributed by atoms with Crippen molar-refractivity contribution < 1.29 is 9.59 Å². The second-order valence-electron chi connectivity index (χ2n) is 7.87. The van der Waals surface area contributed by atoms with Gasteiger partial charge in [0.05, 0.1) is 0 Å². The van der Waals surface area contributed by atoms with Gasteiger partial charge in [-0.1, -0.05) is 60.7 Å². The summed E-state index contributed by atoms with van der Waals surface area (Å²) in [5.74, 6) is 0.138. The van der Waals surface area contributed by atoms with Gasteiger partial charge in [0.25, 0.3) is 0 Å². The van der Waals surface area contributed by atoms with Crippen molar-refractivity contribution in [3.8, 4) is 0 Å². The van der Waals surface area contributed by atoms with E-state index in [9.17, 15) is 9.59 Å². The number of piperidine rings is 1. The molecule has 0 aliphatic carbocycles. The summed E-state index contributed by atoms with van der Waals surface area (Å²) in [7, 11) is 2.15. The molecule has 0 unspecified atom stereocenters. The van der Waals surface area contributed by atoms with Crippen molar-refractivity contribution in [2.24, 2.45) is 0 Å². The first kappa shape index (κ1) is 20.3. The molecule has 1 fully saturated rings. The molecule has 148 valence electrons. The zero-order valence-electron chi connectivity index (χ0n) is 16.7. The van der Waals surface area contributed by atoms with Gasteiger partial charge in [-0.2, -0.15) is 0 Å². The molecule has 1 N–H and O–H groups in total. The second kappa shape index (κ2) is 9.65. The Morgan fingerprint density at radius 1 is 0.929 bits per heavy atom. The van der Waals surface area contributed by atoms with Crippen LogP contribution in [0.1, 0.15) is 48.0 Å². The van der Waals surface area contributed by atoms with Crippen LogP contribution < -0.4 is 5.32 Å². The number of hydrogen-bond acceptors (Lipinski definition) is 3. The van der Waals surface area contributed by atoms with Crippen LogP contribution in [0, 0.1) is 0 Å². The van der Waals surface area contributed by atoms with E-state index in [2.05, 4.69) is 41.5 Å². The van der Waals surface area contributed by atoms with E-state index in [1.54, 1.807) is 0 Å². The number of benzene rings is 2. The predicted octanol–water partition coefficient (Wildman–Crippen LogP) is 3.82. The number of hydrogen-bond donors (Lipinski definition) is 1. The summed E-state index contributed by atoms with van der Waals surface area (Å²) in [6.07, 6.45) is 3.47. The van der Waals surface area contributed by atoms with Crippen LogP contribution >= 0.6 is 0 Å². The zero-order chi connectivity index (χ0) is 19.8. The van der Waals surface area contributed by atoms with Crippen molar-refractivity contribution >= 4 is 11.7 Å². The number of amides is 1. The first-order valence-electron chi connectivity index (χ1n) is 10.2. The van der Waals surface area contributed by atoms with Crippen molar-refractivity contribution in [2.75, 3.05) is 26.7 Å². The number of carbonyl (C=O) groups excluding carboxylic acids is 2. The molecule has 4 nitrogen and oxygen atoms in total. The van der Waals surface area contributed by atoms with Gasteiger partial charge in [0.15, 0.2) is 5.78 Å². The van der Waals surface area contributed by atoms with E-state index in [4.69, 9.17) is 0 Å². The minimum absolute atomic E-state index is 0.00326. The number of likely N-dealkylation sites (tertiary alicyclic amines) is 1. The van der Waals surface area contributed by atoms with Crippen molar-refractivity contribution in [3.63, 3.8) is 0 Å². The number of rotatable bonds is 8. The Labute approximate surface area is 167 Å². The van der Waals surface area contributed by atoms with E-state index in [1.165, 1.54) is 5.56 Å². The van der Waals surface area contributed by atoms with Gasteiger partial charge in [-0.3, -0.25) is 9.59 Å². The molecule has 1 amide bonds. The summed E-state index contributed by atoms with van der Waals surface area (Å²) in [6, 6.07) is 19.8. The second-order valence-corrected chi connectivity index (χ2v) is 7.87. The lowest BCUT2D eigenvalue weighted by Gasteiger charge is -2.41. The number of nitrogens with one attached hydrogen (secondary N) is 1. The van der Waals surface area contributed by atoms with Crippen LogP contribution in [0.4, 0.5) is 0 Å². The van der Waals surface area contributed by atoms with Crippen molar-refractivity contribution in [1.29, 1.82) is 0 Å². The molecule has 2 aromatic rings. The predicted molar refractivity (Wildman–Crippen MR) is 112 cm³/mol. The minimum atomic E-state index is 0.00326. The quantitative estimate of drug-likeness (QED) is 0.711. The van der Waals surface area contributed by atoms with Gasteiger partial charge in [-0.05, 0) is 45.0 Å².